The summed E-state index contributed by atoms with van der Waals surface area (Å²) in [5, 5.41) is 4.46. The molecule has 0 unspecified atom stereocenters. The Kier molecular flexibility index (Phi) is 4.59. The molecule has 0 bridgehead atoms. The van der Waals surface area contributed by atoms with Gasteiger partial charge in [0.25, 0.3) is 0 Å². The van der Waals surface area contributed by atoms with Crippen LogP contribution in [-0.2, 0) is 0 Å². The van der Waals surface area contributed by atoms with Crippen LogP contribution < -0.4 is 5.32 Å². The first-order chi connectivity index (χ1) is 12.7. The lowest BCUT2D eigenvalue weighted by molar-refractivity contribution is 1.21. The van der Waals surface area contributed by atoms with Crippen LogP contribution in [-0.4, -0.2) is 9.97 Å². The SMILES string of the molecule is Cc1cc2ncnc(Nc3ccc(Sc4ccccc4)cc3)c2cc1C. The van der Waals surface area contributed by atoms with Crippen LogP contribution in [0.3, 0.4) is 0 Å². The summed E-state index contributed by atoms with van der Waals surface area (Å²) >= 11 is 1.76. The molecule has 3 nitrogen and oxygen atoms in total. The van der Waals surface area contributed by atoms with E-state index in [-0.39, 0.29) is 0 Å². The van der Waals surface area contributed by atoms with Crippen LogP contribution in [0, 0.1) is 13.8 Å². The molecule has 4 aromatic rings. The normalized spacial score (nSPS) is 10.8. The van der Waals surface area contributed by atoms with E-state index in [0.29, 0.717) is 0 Å². The van der Waals surface area contributed by atoms with Gasteiger partial charge in [-0.05, 0) is 73.5 Å². The minimum atomic E-state index is 0.835. The fraction of sp³-hybridized carbons (Fsp3) is 0.0909. The van der Waals surface area contributed by atoms with Crippen molar-refractivity contribution in [3.8, 4) is 0 Å². The molecule has 1 heterocycles. The van der Waals surface area contributed by atoms with Crippen molar-refractivity contribution in [1.82, 2.24) is 9.97 Å². The van der Waals surface area contributed by atoms with Gasteiger partial charge in [-0.2, -0.15) is 0 Å². The molecule has 0 fully saturated rings. The molecule has 3 aromatic carbocycles. The molecule has 0 amide bonds. The maximum Gasteiger partial charge on any atom is 0.141 e. The maximum absolute atomic E-state index is 4.44. The van der Waals surface area contributed by atoms with Crippen LogP contribution in [0.2, 0.25) is 0 Å². The standard InChI is InChI=1S/C22H19N3S/c1-15-12-20-21(13-16(15)2)23-14-24-22(20)25-17-8-10-19(11-9-17)26-18-6-4-3-5-7-18/h3-14H,1-2H3,(H,23,24,25). The number of nitrogens with zero attached hydrogens (tertiary/aromatic N) is 2. The van der Waals surface area contributed by atoms with Gasteiger partial charge in [-0.3, -0.25) is 0 Å². The Labute approximate surface area is 157 Å². The summed E-state index contributed by atoms with van der Waals surface area (Å²) in [6, 6.07) is 23.1. The Morgan fingerprint density at radius 3 is 2.23 bits per heavy atom. The van der Waals surface area contributed by atoms with Gasteiger partial charge in [-0.1, -0.05) is 30.0 Å². The Bertz CT molecular complexity index is 1040. The lowest BCUT2D eigenvalue weighted by Crippen LogP contribution is -1.97. The number of aryl methyl sites for hydroxylation is 2. The van der Waals surface area contributed by atoms with Gasteiger partial charge < -0.3 is 5.32 Å². The van der Waals surface area contributed by atoms with Gasteiger partial charge in [0.15, 0.2) is 0 Å². The monoisotopic (exact) mass is 357 g/mol. The van der Waals surface area contributed by atoms with Crippen LogP contribution in [0.25, 0.3) is 10.9 Å². The summed E-state index contributed by atoms with van der Waals surface area (Å²) < 4.78 is 0. The molecule has 128 valence electrons. The highest BCUT2D eigenvalue weighted by atomic mass is 32.2. The molecule has 4 heteroatoms. The van der Waals surface area contributed by atoms with E-state index in [1.54, 1.807) is 18.1 Å². The van der Waals surface area contributed by atoms with E-state index in [0.717, 1.165) is 22.4 Å². The predicted octanol–water partition coefficient (Wildman–Crippen LogP) is 6.14. The minimum Gasteiger partial charge on any atom is -0.340 e. The predicted molar refractivity (Wildman–Crippen MR) is 109 cm³/mol. The van der Waals surface area contributed by atoms with E-state index >= 15 is 0 Å². The van der Waals surface area contributed by atoms with Crippen molar-refractivity contribution in [3.63, 3.8) is 0 Å². The van der Waals surface area contributed by atoms with Crippen LogP contribution in [0.4, 0.5) is 11.5 Å². The number of hydrogen-bond donors (Lipinski definition) is 1. The van der Waals surface area contributed by atoms with E-state index in [4.69, 9.17) is 0 Å². The largest absolute Gasteiger partial charge is 0.340 e. The first-order valence-electron chi connectivity index (χ1n) is 8.51. The molecule has 1 N–H and O–H groups in total. The number of nitrogens with one attached hydrogen (secondary N) is 1. The smallest absolute Gasteiger partial charge is 0.141 e. The van der Waals surface area contributed by atoms with Crippen molar-refractivity contribution in [2.24, 2.45) is 0 Å². The van der Waals surface area contributed by atoms with Gasteiger partial charge >= 0.3 is 0 Å². The second-order valence-corrected chi connectivity index (χ2v) is 7.39. The highest BCUT2D eigenvalue weighted by Gasteiger charge is 2.06. The zero-order valence-electron chi connectivity index (χ0n) is 14.7. The van der Waals surface area contributed by atoms with Crippen molar-refractivity contribution in [2.45, 2.75) is 23.6 Å². The Hall–Kier alpha value is -2.85. The fourth-order valence-electron chi connectivity index (χ4n) is 2.78. The molecule has 4 rings (SSSR count). The summed E-state index contributed by atoms with van der Waals surface area (Å²) in [4.78, 5) is 11.3. The zero-order chi connectivity index (χ0) is 17.9. The number of rotatable bonds is 4. The number of hydrogen-bond acceptors (Lipinski definition) is 4. The quantitative estimate of drug-likeness (QED) is 0.476. The average Bonchev–Trinajstić information content (AvgIpc) is 2.66. The van der Waals surface area contributed by atoms with Gasteiger partial charge in [0.2, 0.25) is 0 Å². The molecule has 0 radical (unpaired) electrons. The molecule has 0 spiro atoms. The third kappa shape index (κ3) is 3.55. The number of anilines is 2. The summed E-state index contributed by atoms with van der Waals surface area (Å²) in [7, 11) is 0. The van der Waals surface area contributed by atoms with Crippen molar-refractivity contribution in [2.75, 3.05) is 5.32 Å². The average molecular weight is 357 g/mol. The van der Waals surface area contributed by atoms with E-state index in [2.05, 4.69) is 89.8 Å². The Morgan fingerprint density at radius 1 is 0.769 bits per heavy atom. The van der Waals surface area contributed by atoms with Crippen molar-refractivity contribution in [1.29, 1.82) is 0 Å². The van der Waals surface area contributed by atoms with Gasteiger partial charge in [-0.15, -0.1) is 0 Å². The molecule has 1 aromatic heterocycles. The summed E-state index contributed by atoms with van der Waals surface area (Å²) in [6.07, 6.45) is 1.61. The Morgan fingerprint density at radius 2 is 1.46 bits per heavy atom. The van der Waals surface area contributed by atoms with Gasteiger partial charge in [-0.25, -0.2) is 9.97 Å². The van der Waals surface area contributed by atoms with E-state index in [1.807, 2.05) is 6.07 Å². The number of fused-ring (bicyclic) bond motifs is 1. The van der Waals surface area contributed by atoms with Crippen LogP contribution in [0.5, 0.6) is 0 Å². The van der Waals surface area contributed by atoms with E-state index < -0.39 is 0 Å². The molecule has 0 aliphatic heterocycles. The topological polar surface area (TPSA) is 37.8 Å². The number of benzene rings is 3. The van der Waals surface area contributed by atoms with Crippen LogP contribution in [0.15, 0.2) is 82.8 Å². The highest BCUT2D eigenvalue weighted by molar-refractivity contribution is 7.99. The molecule has 0 aliphatic rings. The Balaban J connectivity index is 1.58. The molecule has 0 atom stereocenters. The summed E-state index contributed by atoms with van der Waals surface area (Å²) in [6.45, 7) is 4.22. The second kappa shape index (κ2) is 7.18. The maximum atomic E-state index is 4.44. The molecule has 0 saturated heterocycles. The zero-order valence-corrected chi connectivity index (χ0v) is 15.5. The van der Waals surface area contributed by atoms with Crippen molar-refractivity contribution >= 4 is 34.2 Å². The van der Waals surface area contributed by atoms with Crippen molar-refractivity contribution < 1.29 is 0 Å². The first-order valence-corrected chi connectivity index (χ1v) is 9.33. The molecular weight excluding hydrogens is 338 g/mol. The lowest BCUT2D eigenvalue weighted by Gasteiger charge is -2.10. The molecule has 0 saturated carbocycles. The lowest BCUT2D eigenvalue weighted by atomic mass is 10.1. The molecule has 26 heavy (non-hydrogen) atoms. The van der Waals surface area contributed by atoms with Crippen LogP contribution in [0.1, 0.15) is 11.1 Å². The minimum absolute atomic E-state index is 0.835. The molecule has 0 aliphatic carbocycles. The first kappa shape index (κ1) is 16.6. The third-order valence-corrected chi connectivity index (χ3v) is 5.36. The molecular formula is C22H19N3S. The number of aromatic nitrogens is 2. The third-order valence-electron chi connectivity index (χ3n) is 4.35. The van der Waals surface area contributed by atoms with Crippen molar-refractivity contribution in [3.05, 3.63) is 84.2 Å². The van der Waals surface area contributed by atoms with E-state index in [9.17, 15) is 0 Å². The summed E-state index contributed by atoms with van der Waals surface area (Å²) in [5.74, 6) is 0.835. The van der Waals surface area contributed by atoms with Gasteiger partial charge in [0, 0.05) is 20.9 Å². The van der Waals surface area contributed by atoms with Gasteiger partial charge in [0.1, 0.15) is 12.1 Å². The fourth-order valence-corrected chi connectivity index (χ4v) is 3.62. The van der Waals surface area contributed by atoms with E-state index in [1.165, 1.54) is 20.9 Å². The second-order valence-electron chi connectivity index (χ2n) is 6.24. The van der Waals surface area contributed by atoms with Gasteiger partial charge in [0.05, 0.1) is 5.52 Å². The van der Waals surface area contributed by atoms with Crippen LogP contribution >= 0.6 is 11.8 Å². The summed E-state index contributed by atoms with van der Waals surface area (Å²) in [5.41, 5.74) is 4.46. The highest BCUT2D eigenvalue weighted by Crippen LogP contribution is 2.30.